The third kappa shape index (κ3) is 4.36. The van der Waals surface area contributed by atoms with Crippen LogP contribution >= 0.6 is 0 Å². The second-order valence-electron chi connectivity index (χ2n) is 7.04. The Morgan fingerprint density at radius 2 is 2.04 bits per heavy atom. The van der Waals surface area contributed by atoms with Crippen LogP contribution in [0.5, 0.6) is 5.75 Å². The van der Waals surface area contributed by atoms with Gasteiger partial charge < -0.3 is 9.30 Å². The lowest BCUT2D eigenvalue weighted by atomic mass is 9.97. The number of hydrogen-bond acceptors (Lipinski definition) is 5. The van der Waals surface area contributed by atoms with Crippen LogP contribution in [0.3, 0.4) is 0 Å². The zero-order chi connectivity index (χ0) is 18.5. The van der Waals surface area contributed by atoms with Crippen LogP contribution in [0.25, 0.3) is 0 Å². The van der Waals surface area contributed by atoms with Gasteiger partial charge in [0, 0.05) is 38.4 Å². The smallest absolute Gasteiger partial charge is 0.154 e. The molecule has 3 heterocycles. The molecule has 1 aromatic carbocycles. The normalized spacial score (nSPS) is 17.9. The SMILES string of the molecule is Cn1c(Cn2cccn2)nnc1[C@H]1CCCN(CCOc2ccccc2)C1. The Labute approximate surface area is 159 Å². The number of piperidine rings is 1. The zero-order valence-electron chi connectivity index (χ0n) is 15.7. The number of ether oxygens (including phenoxy) is 1. The Morgan fingerprint density at radius 1 is 1.15 bits per heavy atom. The van der Waals surface area contributed by atoms with E-state index in [9.17, 15) is 0 Å². The number of rotatable bonds is 7. The molecule has 1 aliphatic rings. The van der Waals surface area contributed by atoms with Gasteiger partial charge in [0.15, 0.2) is 5.82 Å². The summed E-state index contributed by atoms with van der Waals surface area (Å²) in [6.07, 6.45) is 6.07. The first-order valence-electron chi connectivity index (χ1n) is 9.55. The Kier molecular flexibility index (Phi) is 5.48. The van der Waals surface area contributed by atoms with E-state index in [0.29, 0.717) is 19.1 Å². The van der Waals surface area contributed by atoms with Crippen molar-refractivity contribution in [3.8, 4) is 5.75 Å². The van der Waals surface area contributed by atoms with E-state index in [2.05, 4.69) is 31.8 Å². The average molecular weight is 366 g/mol. The first kappa shape index (κ1) is 17.7. The highest BCUT2D eigenvalue weighted by atomic mass is 16.5. The van der Waals surface area contributed by atoms with Gasteiger partial charge in [-0.1, -0.05) is 18.2 Å². The van der Waals surface area contributed by atoms with Gasteiger partial charge in [0.2, 0.25) is 0 Å². The van der Waals surface area contributed by atoms with Gasteiger partial charge in [0.05, 0.1) is 0 Å². The number of benzene rings is 1. The average Bonchev–Trinajstić information content (AvgIpc) is 3.34. The Balaban J connectivity index is 1.33. The van der Waals surface area contributed by atoms with Crippen molar-refractivity contribution in [2.75, 3.05) is 26.2 Å². The molecular formula is C20H26N6O. The fraction of sp³-hybridized carbons (Fsp3) is 0.450. The number of aromatic nitrogens is 5. The minimum Gasteiger partial charge on any atom is -0.492 e. The van der Waals surface area contributed by atoms with Gasteiger partial charge in [0.1, 0.15) is 24.7 Å². The molecule has 4 rings (SSSR count). The largest absolute Gasteiger partial charge is 0.492 e. The molecule has 0 N–H and O–H groups in total. The van der Waals surface area contributed by atoms with Crippen LogP contribution in [0.4, 0.5) is 0 Å². The van der Waals surface area contributed by atoms with Crippen molar-refractivity contribution in [2.24, 2.45) is 7.05 Å². The molecule has 1 saturated heterocycles. The van der Waals surface area contributed by atoms with E-state index < -0.39 is 0 Å². The molecule has 1 atom stereocenters. The molecule has 1 fully saturated rings. The lowest BCUT2D eigenvalue weighted by molar-refractivity contribution is 0.167. The summed E-state index contributed by atoms with van der Waals surface area (Å²) in [5.74, 6) is 3.37. The first-order chi connectivity index (χ1) is 13.3. The highest BCUT2D eigenvalue weighted by Gasteiger charge is 2.25. The molecule has 0 aliphatic carbocycles. The number of hydrogen-bond donors (Lipinski definition) is 0. The summed E-state index contributed by atoms with van der Waals surface area (Å²) in [6.45, 7) is 4.42. The van der Waals surface area contributed by atoms with E-state index >= 15 is 0 Å². The third-order valence-electron chi connectivity index (χ3n) is 5.15. The molecule has 1 aliphatic heterocycles. The molecule has 0 bridgehead atoms. The molecule has 0 radical (unpaired) electrons. The van der Waals surface area contributed by atoms with Gasteiger partial charge in [-0.25, -0.2) is 0 Å². The molecule has 0 spiro atoms. The van der Waals surface area contributed by atoms with E-state index in [-0.39, 0.29) is 0 Å². The fourth-order valence-corrected chi connectivity index (χ4v) is 3.69. The van der Waals surface area contributed by atoms with E-state index in [4.69, 9.17) is 4.74 Å². The van der Waals surface area contributed by atoms with Gasteiger partial charge in [-0.3, -0.25) is 9.58 Å². The quantitative estimate of drug-likeness (QED) is 0.642. The number of nitrogens with zero attached hydrogens (tertiary/aromatic N) is 6. The topological polar surface area (TPSA) is 61.0 Å². The predicted octanol–water partition coefficient (Wildman–Crippen LogP) is 2.32. The molecule has 142 valence electrons. The summed E-state index contributed by atoms with van der Waals surface area (Å²) in [5, 5.41) is 13.2. The van der Waals surface area contributed by atoms with Crippen molar-refractivity contribution in [3.63, 3.8) is 0 Å². The Hall–Kier alpha value is -2.67. The molecule has 7 heteroatoms. The van der Waals surface area contributed by atoms with Crippen LogP contribution in [0.15, 0.2) is 48.8 Å². The summed E-state index contributed by atoms with van der Waals surface area (Å²) in [7, 11) is 2.06. The third-order valence-corrected chi connectivity index (χ3v) is 5.15. The highest BCUT2D eigenvalue weighted by molar-refractivity contribution is 5.20. The van der Waals surface area contributed by atoms with Crippen LogP contribution in [0, 0.1) is 0 Å². The minimum absolute atomic E-state index is 0.416. The van der Waals surface area contributed by atoms with Crippen molar-refractivity contribution in [2.45, 2.75) is 25.3 Å². The molecule has 7 nitrogen and oxygen atoms in total. The lowest BCUT2D eigenvalue weighted by Gasteiger charge is -2.32. The van der Waals surface area contributed by atoms with Crippen molar-refractivity contribution in [1.29, 1.82) is 0 Å². The standard InChI is InChI=1S/C20H26N6O/c1-24-19(16-26-12-6-10-21-26)22-23-20(24)17-7-5-11-25(15-17)13-14-27-18-8-3-2-4-9-18/h2-4,6,8-10,12,17H,5,7,11,13-16H2,1H3/t17-/m0/s1. The van der Waals surface area contributed by atoms with Crippen molar-refractivity contribution >= 4 is 0 Å². The summed E-state index contributed by atoms with van der Waals surface area (Å²) < 4.78 is 9.86. The van der Waals surface area contributed by atoms with Gasteiger partial charge in [0.25, 0.3) is 0 Å². The molecule has 0 saturated carbocycles. The molecular weight excluding hydrogens is 340 g/mol. The van der Waals surface area contributed by atoms with E-state index in [1.807, 2.05) is 47.3 Å². The van der Waals surface area contributed by atoms with Crippen molar-refractivity contribution in [1.82, 2.24) is 29.4 Å². The second-order valence-corrected chi connectivity index (χ2v) is 7.04. The van der Waals surface area contributed by atoms with Crippen molar-refractivity contribution < 1.29 is 4.74 Å². The van der Waals surface area contributed by atoms with Gasteiger partial charge in [-0.05, 0) is 37.6 Å². The van der Waals surface area contributed by atoms with Crippen LogP contribution < -0.4 is 4.74 Å². The van der Waals surface area contributed by atoms with Gasteiger partial charge in [-0.2, -0.15) is 5.10 Å². The summed E-state index contributed by atoms with van der Waals surface area (Å²) in [5.41, 5.74) is 0. The van der Waals surface area contributed by atoms with E-state index in [0.717, 1.165) is 43.5 Å². The Bertz CT molecular complexity index is 830. The fourth-order valence-electron chi connectivity index (χ4n) is 3.69. The predicted molar refractivity (Wildman–Crippen MR) is 103 cm³/mol. The maximum Gasteiger partial charge on any atom is 0.154 e. The van der Waals surface area contributed by atoms with Gasteiger partial charge in [-0.15, -0.1) is 10.2 Å². The number of likely N-dealkylation sites (tertiary alicyclic amines) is 1. The summed E-state index contributed by atoms with van der Waals surface area (Å²) >= 11 is 0. The van der Waals surface area contributed by atoms with Crippen molar-refractivity contribution in [3.05, 3.63) is 60.4 Å². The summed E-state index contributed by atoms with van der Waals surface area (Å²) in [4.78, 5) is 2.47. The first-order valence-corrected chi connectivity index (χ1v) is 9.55. The van der Waals surface area contributed by atoms with E-state index in [1.54, 1.807) is 6.20 Å². The molecule has 0 amide bonds. The Morgan fingerprint density at radius 3 is 2.85 bits per heavy atom. The number of para-hydroxylation sites is 1. The monoisotopic (exact) mass is 366 g/mol. The van der Waals surface area contributed by atoms with E-state index in [1.165, 1.54) is 6.42 Å². The van der Waals surface area contributed by atoms with Gasteiger partial charge >= 0.3 is 0 Å². The zero-order valence-corrected chi connectivity index (χ0v) is 15.7. The maximum absolute atomic E-state index is 5.85. The summed E-state index contributed by atoms with van der Waals surface area (Å²) in [6, 6.07) is 11.9. The van der Waals surface area contributed by atoms with Crippen LogP contribution in [0.1, 0.15) is 30.4 Å². The molecule has 27 heavy (non-hydrogen) atoms. The maximum atomic E-state index is 5.85. The van der Waals surface area contributed by atoms with Crippen LogP contribution in [0.2, 0.25) is 0 Å². The minimum atomic E-state index is 0.416. The van der Waals surface area contributed by atoms with Crippen LogP contribution in [-0.4, -0.2) is 55.7 Å². The lowest BCUT2D eigenvalue weighted by Crippen LogP contribution is -2.37. The molecule has 2 aromatic heterocycles. The molecule has 0 unspecified atom stereocenters. The van der Waals surface area contributed by atoms with Crippen LogP contribution in [-0.2, 0) is 13.6 Å². The highest BCUT2D eigenvalue weighted by Crippen LogP contribution is 2.25. The second kappa shape index (κ2) is 8.35. The molecule has 3 aromatic rings.